The Balaban J connectivity index is 1.45. The van der Waals surface area contributed by atoms with Gasteiger partial charge >= 0.3 is 12.1 Å². The number of benzene rings is 1. The number of carbonyl (C=O) groups excluding carboxylic acids is 2. The zero-order valence-corrected chi connectivity index (χ0v) is 18.8. The highest BCUT2D eigenvalue weighted by Crippen LogP contribution is 2.46. The van der Waals surface area contributed by atoms with Crippen LogP contribution in [0.4, 0.5) is 32.2 Å². The van der Waals surface area contributed by atoms with Gasteiger partial charge < -0.3 is 15.0 Å². The van der Waals surface area contributed by atoms with Crippen LogP contribution in [0.3, 0.4) is 0 Å². The first kappa shape index (κ1) is 23.8. The van der Waals surface area contributed by atoms with Crippen molar-refractivity contribution < 1.29 is 35.9 Å². The molecule has 0 spiro atoms. The summed E-state index contributed by atoms with van der Waals surface area (Å²) in [4.78, 5) is 42.7. The fourth-order valence-electron chi connectivity index (χ4n) is 4.59. The predicted molar refractivity (Wildman–Crippen MR) is 117 cm³/mol. The number of carbonyl (C=O) groups is 2. The van der Waals surface area contributed by atoms with E-state index >= 15 is 0 Å². The lowest BCUT2D eigenvalue weighted by Gasteiger charge is -2.23. The van der Waals surface area contributed by atoms with Crippen molar-refractivity contribution in [3.63, 3.8) is 0 Å². The number of aryl methyl sites for hydroxylation is 1. The molecule has 194 valence electrons. The predicted octanol–water partition coefficient (Wildman–Crippen LogP) is 3.39. The van der Waals surface area contributed by atoms with E-state index in [9.17, 15) is 35.9 Å². The molecule has 0 fully saturated rings. The van der Waals surface area contributed by atoms with E-state index in [1.165, 1.54) is 35.1 Å². The Morgan fingerprint density at radius 3 is 2.45 bits per heavy atom. The molecule has 6 rings (SSSR count). The molecule has 0 saturated heterocycles. The molecule has 38 heavy (non-hydrogen) atoms. The number of fused-ring (bicyclic) bond motifs is 1. The van der Waals surface area contributed by atoms with Crippen molar-refractivity contribution in [1.82, 2.24) is 29.7 Å². The Morgan fingerprint density at radius 2 is 1.74 bits per heavy atom. The molecule has 4 aromatic rings. The zero-order valence-electron chi connectivity index (χ0n) is 18.8. The highest BCUT2D eigenvalue weighted by atomic mass is 19.4. The summed E-state index contributed by atoms with van der Waals surface area (Å²) in [6, 6.07) is 4.93. The van der Waals surface area contributed by atoms with Gasteiger partial charge in [0.2, 0.25) is 0 Å². The largest absolute Gasteiger partial charge is 0.453 e. The van der Waals surface area contributed by atoms with Gasteiger partial charge in [0, 0.05) is 25.0 Å². The van der Waals surface area contributed by atoms with Crippen LogP contribution in [0, 0.1) is 5.82 Å². The Bertz CT molecular complexity index is 1650. The first-order valence-electron chi connectivity index (χ1n) is 11.0. The standard InChI is InChI=1S/C23H13F6N7O2/c24-11-3-1-10(2-4-11)22-14-15(19(37)35-22)32-16(33-17(14)34-20(22)38)13-9-36-8-7-30-18(36)12(31-13)5-6-21(25,26)23(27,28)29/h1-4,7-9H,5-6H2,(H,35,37)(H,32,33,34,38). The molecule has 2 aliphatic heterocycles. The molecule has 9 nitrogen and oxygen atoms in total. The van der Waals surface area contributed by atoms with Gasteiger partial charge in [0.1, 0.15) is 23.0 Å². The maximum Gasteiger partial charge on any atom is 0.453 e. The number of hydrogen-bond donors (Lipinski definition) is 2. The molecule has 2 N–H and O–H groups in total. The molecular weight excluding hydrogens is 520 g/mol. The average Bonchev–Trinajstić information content (AvgIpc) is 3.53. The van der Waals surface area contributed by atoms with E-state index in [0.29, 0.717) is 0 Å². The third-order valence-corrected chi connectivity index (χ3v) is 6.41. The molecule has 0 bridgehead atoms. The van der Waals surface area contributed by atoms with Crippen molar-refractivity contribution in [2.75, 3.05) is 5.32 Å². The maximum atomic E-state index is 13.6. The number of hydrogen-bond acceptors (Lipinski definition) is 6. The summed E-state index contributed by atoms with van der Waals surface area (Å²) in [7, 11) is 0. The number of aromatic nitrogens is 5. The summed E-state index contributed by atoms with van der Waals surface area (Å²) in [6.07, 6.45) is -3.98. The van der Waals surface area contributed by atoms with Crippen LogP contribution in [0.1, 0.15) is 33.7 Å². The van der Waals surface area contributed by atoms with Gasteiger partial charge in [-0.05, 0) is 24.1 Å². The fraction of sp³-hybridized carbons (Fsp3) is 0.217. The van der Waals surface area contributed by atoms with E-state index in [2.05, 4.69) is 30.6 Å². The quantitative estimate of drug-likeness (QED) is 0.381. The summed E-state index contributed by atoms with van der Waals surface area (Å²) in [5.41, 5.74) is -1.66. The number of halogens is 6. The second-order valence-corrected chi connectivity index (χ2v) is 8.72. The van der Waals surface area contributed by atoms with Crippen molar-refractivity contribution in [2.45, 2.75) is 30.5 Å². The van der Waals surface area contributed by atoms with Crippen LogP contribution in [-0.2, 0) is 16.8 Å². The van der Waals surface area contributed by atoms with E-state index in [1.54, 1.807) is 0 Å². The Morgan fingerprint density at radius 1 is 1.00 bits per heavy atom. The Kier molecular flexibility index (Phi) is 4.84. The number of nitrogens with one attached hydrogen (secondary N) is 2. The molecule has 0 saturated carbocycles. The van der Waals surface area contributed by atoms with Crippen LogP contribution >= 0.6 is 0 Å². The van der Waals surface area contributed by atoms with E-state index in [0.717, 1.165) is 12.1 Å². The Hall–Kier alpha value is -4.56. The first-order chi connectivity index (χ1) is 17.9. The molecule has 2 aliphatic rings. The van der Waals surface area contributed by atoms with Gasteiger partial charge in [-0.1, -0.05) is 12.1 Å². The minimum atomic E-state index is -5.73. The number of amides is 2. The molecular formula is C23H13F6N7O2. The lowest BCUT2D eigenvalue weighted by molar-refractivity contribution is -0.284. The van der Waals surface area contributed by atoms with Gasteiger partial charge in [-0.2, -0.15) is 22.0 Å². The van der Waals surface area contributed by atoms with Gasteiger partial charge in [0.25, 0.3) is 11.8 Å². The molecule has 0 aliphatic carbocycles. The van der Waals surface area contributed by atoms with E-state index in [-0.39, 0.29) is 45.5 Å². The highest BCUT2D eigenvalue weighted by molar-refractivity contribution is 6.17. The zero-order chi connectivity index (χ0) is 27.0. The van der Waals surface area contributed by atoms with Gasteiger partial charge in [-0.25, -0.2) is 24.3 Å². The smallest absolute Gasteiger partial charge is 0.329 e. The van der Waals surface area contributed by atoms with Crippen LogP contribution in [0.15, 0.2) is 42.9 Å². The highest BCUT2D eigenvalue weighted by Gasteiger charge is 2.58. The van der Waals surface area contributed by atoms with Gasteiger partial charge in [-0.15, -0.1) is 0 Å². The van der Waals surface area contributed by atoms with Crippen LogP contribution in [0.25, 0.3) is 17.2 Å². The monoisotopic (exact) mass is 533 g/mol. The van der Waals surface area contributed by atoms with Gasteiger partial charge in [-0.3, -0.25) is 9.59 Å². The van der Waals surface area contributed by atoms with Crippen LogP contribution in [-0.4, -0.2) is 48.2 Å². The summed E-state index contributed by atoms with van der Waals surface area (Å²) in [5.74, 6) is -7.11. The molecule has 15 heteroatoms. The molecule has 1 atom stereocenters. The third kappa shape index (κ3) is 3.34. The van der Waals surface area contributed by atoms with Crippen molar-refractivity contribution in [2.24, 2.45) is 0 Å². The number of anilines is 1. The minimum absolute atomic E-state index is 0.0321. The lowest BCUT2D eigenvalue weighted by Crippen LogP contribution is -2.47. The topological polar surface area (TPSA) is 114 Å². The summed E-state index contributed by atoms with van der Waals surface area (Å²) >= 11 is 0. The van der Waals surface area contributed by atoms with Crippen LogP contribution in [0.2, 0.25) is 0 Å². The average molecular weight is 533 g/mol. The molecule has 5 heterocycles. The summed E-state index contributed by atoms with van der Waals surface area (Å²) in [6.45, 7) is 0. The van der Waals surface area contributed by atoms with Crippen molar-refractivity contribution >= 4 is 23.3 Å². The summed E-state index contributed by atoms with van der Waals surface area (Å²) < 4.78 is 80.1. The Labute approximate surface area is 208 Å². The van der Waals surface area contributed by atoms with Crippen molar-refractivity contribution in [3.05, 3.63) is 71.2 Å². The van der Waals surface area contributed by atoms with Gasteiger partial charge in [0.15, 0.2) is 17.0 Å². The molecule has 1 unspecified atom stereocenters. The van der Waals surface area contributed by atoms with Crippen molar-refractivity contribution in [1.29, 1.82) is 0 Å². The van der Waals surface area contributed by atoms with Crippen LogP contribution < -0.4 is 10.6 Å². The number of rotatable bonds is 5. The third-order valence-electron chi connectivity index (χ3n) is 6.41. The first-order valence-corrected chi connectivity index (χ1v) is 11.0. The minimum Gasteiger partial charge on any atom is -0.329 e. The second-order valence-electron chi connectivity index (χ2n) is 8.72. The molecule has 1 aromatic carbocycles. The summed E-state index contributed by atoms with van der Waals surface area (Å²) in [5, 5.41) is 5.15. The fourth-order valence-corrected chi connectivity index (χ4v) is 4.59. The van der Waals surface area contributed by atoms with E-state index in [1.807, 2.05) is 0 Å². The number of imidazole rings is 1. The molecule has 3 aromatic heterocycles. The SMILES string of the molecule is O=C1NC2(c3ccc(F)cc3)C(=O)Nc3nc(-c4cn5ccnc5c(CCC(F)(F)C(F)(F)F)n4)nc1c32. The van der Waals surface area contributed by atoms with E-state index in [4.69, 9.17) is 0 Å². The number of alkyl halides is 5. The molecule has 2 amide bonds. The lowest BCUT2D eigenvalue weighted by atomic mass is 9.86. The van der Waals surface area contributed by atoms with E-state index < -0.39 is 48.1 Å². The van der Waals surface area contributed by atoms with Gasteiger partial charge in [0.05, 0.1) is 11.3 Å². The number of nitrogens with zero attached hydrogens (tertiary/aromatic N) is 5. The maximum absolute atomic E-state index is 13.6. The van der Waals surface area contributed by atoms with Crippen LogP contribution in [0.5, 0.6) is 0 Å². The second kappa shape index (κ2) is 7.72. The normalized spacial score (nSPS) is 18.6. The van der Waals surface area contributed by atoms with Crippen molar-refractivity contribution in [3.8, 4) is 11.5 Å². The molecule has 0 radical (unpaired) electrons.